The SMILES string of the molecule is CCS(=O)(=O)NCCN=C(N)N1CCCCC1. The molecule has 0 bridgehead atoms. The molecule has 0 spiro atoms. The van der Waals surface area contributed by atoms with Crippen molar-refractivity contribution in [3.63, 3.8) is 0 Å². The van der Waals surface area contributed by atoms with Crippen LogP contribution in [0.2, 0.25) is 0 Å². The van der Waals surface area contributed by atoms with E-state index in [-0.39, 0.29) is 5.75 Å². The number of nitrogens with two attached hydrogens (primary N) is 1. The van der Waals surface area contributed by atoms with Gasteiger partial charge in [-0.25, -0.2) is 13.1 Å². The predicted octanol–water partition coefficient (Wildman–Crippen LogP) is -0.274. The van der Waals surface area contributed by atoms with Gasteiger partial charge in [0.25, 0.3) is 0 Å². The molecule has 0 aromatic heterocycles. The maximum absolute atomic E-state index is 11.1. The lowest BCUT2D eigenvalue weighted by Crippen LogP contribution is -2.41. The minimum absolute atomic E-state index is 0.0956. The Morgan fingerprint density at radius 2 is 2.00 bits per heavy atom. The quantitative estimate of drug-likeness (QED) is 0.405. The summed E-state index contributed by atoms with van der Waals surface area (Å²) in [5.41, 5.74) is 5.83. The fourth-order valence-electron chi connectivity index (χ4n) is 1.70. The van der Waals surface area contributed by atoms with Crippen LogP contribution in [-0.4, -0.2) is 51.2 Å². The Labute approximate surface area is 103 Å². The molecule has 6 nitrogen and oxygen atoms in total. The predicted molar refractivity (Wildman–Crippen MR) is 69.4 cm³/mol. The zero-order valence-electron chi connectivity index (χ0n) is 10.4. The van der Waals surface area contributed by atoms with Gasteiger partial charge < -0.3 is 10.6 Å². The van der Waals surface area contributed by atoms with E-state index < -0.39 is 10.0 Å². The first-order chi connectivity index (χ1) is 8.05. The fourth-order valence-corrected chi connectivity index (χ4v) is 2.30. The van der Waals surface area contributed by atoms with Crippen molar-refractivity contribution in [3.8, 4) is 0 Å². The summed E-state index contributed by atoms with van der Waals surface area (Å²) in [6, 6.07) is 0. The Morgan fingerprint density at radius 1 is 1.35 bits per heavy atom. The summed E-state index contributed by atoms with van der Waals surface area (Å²) in [7, 11) is -3.12. The zero-order valence-corrected chi connectivity index (χ0v) is 11.2. The lowest BCUT2D eigenvalue weighted by Gasteiger charge is -2.27. The summed E-state index contributed by atoms with van der Waals surface area (Å²) >= 11 is 0. The second kappa shape index (κ2) is 6.80. The summed E-state index contributed by atoms with van der Waals surface area (Å²) in [6.07, 6.45) is 3.55. The Balaban J connectivity index is 2.28. The van der Waals surface area contributed by atoms with Crippen LogP contribution in [-0.2, 0) is 10.0 Å². The molecule has 1 aliphatic rings. The summed E-state index contributed by atoms with van der Waals surface area (Å²) < 4.78 is 24.7. The third-order valence-electron chi connectivity index (χ3n) is 2.77. The van der Waals surface area contributed by atoms with Gasteiger partial charge in [-0.3, -0.25) is 4.99 Å². The van der Waals surface area contributed by atoms with Crippen molar-refractivity contribution in [3.05, 3.63) is 0 Å². The smallest absolute Gasteiger partial charge is 0.211 e. The highest BCUT2D eigenvalue weighted by Crippen LogP contribution is 2.07. The van der Waals surface area contributed by atoms with E-state index in [0.717, 1.165) is 25.9 Å². The van der Waals surface area contributed by atoms with Crippen LogP contribution in [0.15, 0.2) is 4.99 Å². The molecule has 0 aromatic carbocycles. The van der Waals surface area contributed by atoms with Gasteiger partial charge in [0.05, 0.1) is 12.3 Å². The number of aliphatic imine (C=N–C) groups is 1. The van der Waals surface area contributed by atoms with Crippen LogP contribution in [0, 0.1) is 0 Å². The summed E-state index contributed by atoms with van der Waals surface area (Å²) in [4.78, 5) is 6.23. The van der Waals surface area contributed by atoms with Crippen LogP contribution >= 0.6 is 0 Å². The van der Waals surface area contributed by atoms with Gasteiger partial charge in [0.15, 0.2) is 5.96 Å². The van der Waals surface area contributed by atoms with Gasteiger partial charge in [0, 0.05) is 19.6 Å². The van der Waals surface area contributed by atoms with E-state index in [1.807, 2.05) is 0 Å². The topological polar surface area (TPSA) is 87.8 Å². The molecule has 1 fully saturated rings. The van der Waals surface area contributed by atoms with Crippen LogP contribution in [0.1, 0.15) is 26.2 Å². The highest BCUT2D eigenvalue weighted by molar-refractivity contribution is 7.89. The third-order valence-corrected chi connectivity index (χ3v) is 4.17. The van der Waals surface area contributed by atoms with Crippen molar-refractivity contribution in [1.29, 1.82) is 0 Å². The van der Waals surface area contributed by atoms with E-state index in [1.54, 1.807) is 6.92 Å². The molecule has 1 aliphatic heterocycles. The molecular weight excluding hydrogens is 240 g/mol. The average molecular weight is 262 g/mol. The molecule has 100 valence electrons. The van der Waals surface area contributed by atoms with E-state index in [9.17, 15) is 8.42 Å². The van der Waals surface area contributed by atoms with Crippen molar-refractivity contribution in [1.82, 2.24) is 9.62 Å². The van der Waals surface area contributed by atoms with Crippen LogP contribution in [0.3, 0.4) is 0 Å². The lowest BCUT2D eigenvalue weighted by atomic mass is 10.1. The minimum Gasteiger partial charge on any atom is -0.370 e. The average Bonchev–Trinajstić information content (AvgIpc) is 2.35. The number of rotatable bonds is 5. The maximum atomic E-state index is 11.1. The van der Waals surface area contributed by atoms with Gasteiger partial charge in [0.1, 0.15) is 0 Å². The number of piperidine rings is 1. The molecule has 0 saturated carbocycles. The maximum Gasteiger partial charge on any atom is 0.211 e. The minimum atomic E-state index is -3.12. The highest BCUT2D eigenvalue weighted by atomic mass is 32.2. The second-order valence-corrected chi connectivity index (χ2v) is 6.18. The summed E-state index contributed by atoms with van der Waals surface area (Å²) in [6.45, 7) is 4.21. The molecule has 1 saturated heterocycles. The van der Waals surface area contributed by atoms with Crippen LogP contribution in [0.25, 0.3) is 0 Å². The van der Waals surface area contributed by atoms with Gasteiger partial charge in [-0.2, -0.15) is 0 Å². The number of sulfonamides is 1. The van der Waals surface area contributed by atoms with Crippen molar-refractivity contribution in [2.45, 2.75) is 26.2 Å². The fraction of sp³-hybridized carbons (Fsp3) is 0.900. The molecule has 17 heavy (non-hydrogen) atoms. The van der Waals surface area contributed by atoms with Crippen LogP contribution < -0.4 is 10.5 Å². The molecule has 0 aliphatic carbocycles. The first kappa shape index (κ1) is 14.2. The first-order valence-electron chi connectivity index (χ1n) is 6.07. The number of guanidine groups is 1. The van der Waals surface area contributed by atoms with Crippen LogP contribution in [0.5, 0.6) is 0 Å². The van der Waals surface area contributed by atoms with Gasteiger partial charge >= 0.3 is 0 Å². The molecule has 7 heteroatoms. The molecule has 0 atom stereocenters. The summed E-state index contributed by atoms with van der Waals surface area (Å²) in [5.74, 6) is 0.624. The first-order valence-corrected chi connectivity index (χ1v) is 7.72. The van der Waals surface area contributed by atoms with Gasteiger partial charge in [-0.15, -0.1) is 0 Å². The molecule has 0 radical (unpaired) electrons. The van der Waals surface area contributed by atoms with Crippen molar-refractivity contribution < 1.29 is 8.42 Å². The number of nitrogens with zero attached hydrogens (tertiary/aromatic N) is 2. The van der Waals surface area contributed by atoms with Crippen molar-refractivity contribution in [2.75, 3.05) is 31.9 Å². The van der Waals surface area contributed by atoms with Crippen molar-refractivity contribution in [2.24, 2.45) is 10.7 Å². The zero-order chi connectivity index (χ0) is 12.7. The second-order valence-electron chi connectivity index (χ2n) is 4.09. The third kappa shape index (κ3) is 5.36. The Bertz CT molecular complexity index is 347. The standard InChI is InChI=1S/C10H22N4O2S/c1-2-17(15,16)13-7-6-12-10(11)14-8-4-3-5-9-14/h13H,2-9H2,1H3,(H2,11,12). The number of likely N-dealkylation sites (tertiary alicyclic amines) is 1. The highest BCUT2D eigenvalue weighted by Gasteiger charge is 2.11. The van der Waals surface area contributed by atoms with Gasteiger partial charge in [-0.1, -0.05) is 0 Å². The Hall–Kier alpha value is -0.820. The van der Waals surface area contributed by atoms with Crippen LogP contribution in [0.4, 0.5) is 0 Å². The van der Waals surface area contributed by atoms with E-state index in [1.165, 1.54) is 6.42 Å². The molecule has 1 heterocycles. The molecule has 1 rings (SSSR count). The Kier molecular flexibility index (Phi) is 5.70. The normalized spacial score (nSPS) is 18.4. The molecule has 3 N–H and O–H groups in total. The summed E-state index contributed by atoms with van der Waals surface area (Å²) in [5, 5.41) is 0. The largest absolute Gasteiger partial charge is 0.370 e. The number of hydrogen-bond donors (Lipinski definition) is 2. The monoisotopic (exact) mass is 262 g/mol. The molecule has 0 unspecified atom stereocenters. The number of hydrogen-bond acceptors (Lipinski definition) is 3. The van der Waals surface area contributed by atoms with Crippen molar-refractivity contribution >= 4 is 16.0 Å². The molecular formula is C10H22N4O2S. The molecule has 0 aromatic rings. The van der Waals surface area contributed by atoms with E-state index >= 15 is 0 Å². The van der Waals surface area contributed by atoms with Gasteiger partial charge in [0.2, 0.25) is 10.0 Å². The Morgan fingerprint density at radius 3 is 2.59 bits per heavy atom. The lowest BCUT2D eigenvalue weighted by molar-refractivity contribution is 0.338. The number of nitrogens with one attached hydrogen (secondary N) is 1. The van der Waals surface area contributed by atoms with Gasteiger partial charge in [-0.05, 0) is 26.2 Å². The van der Waals surface area contributed by atoms with E-state index in [4.69, 9.17) is 5.73 Å². The van der Waals surface area contributed by atoms with E-state index in [0.29, 0.717) is 19.0 Å². The van der Waals surface area contributed by atoms with E-state index in [2.05, 4.69) is 14.6 Å². The molecule has 0 amide bonds.